The van der Waals surface area contributed by atoms with Gasteiger partial charge in [0, 0.05) is 4.47 Å². The Hall–Kier alpha value is -0.780. The SMILES string of the molecule is CC(O)(c1ccc(Br)cc1)c1c(F)ccc(Br)c1F. The van der Waals surface area contributed by atoms with Crippen molar-refractivity contribution in [3.05, 3.63) is 68.1 Å². The van der Waals surface area contributed by atoms with Gasteiger partial charge in [-0.25, -0.2) is 8.78 Å². The second-order valence-electron chi connectivity index (χ2n) is 4.30. The van der Waals surface area contributed by atoms with Crippen LogP contribution < -0.4 is 0 Å². The average molecular weight is 392 g/mol. The van der Waals surface area contributed by atoms with Gasteiger partial charge in [-0.1, -0.05) is 28.1 Å². The quantitative estimate of drug-likeness (QED) is 0.732. The van der Waals surface area contributed by atoms with E-state index in [-0.39, 0.29) is 10.0 Å². The van der Waals surface area contributed by atoms with Crippen molar-refractivity contribution in [1.82, 2.24) is 0 Å². The lowest BCUT2D eigenvalue weighted by molar-refractivity contribution is 0.0932. The maximum Gasteiger partial charge on any atom is 0.146 e. The lowest BCUT2D eigenvalue weighted by Gasteiger charge is -2.26. The van der Waals surface area contributed by atoms with Crippen LogP contribution in [-0.2, 0) is 5.60 Å². The molecule has 0 aliphatic heterocycles. The van der Waals surface area contributed by atoms with Crippen molar-refractivity contribution in [2.24, 2.45) is 0 Å². The first-order valence-corrected chi connectivity index (χ1v) is 7.05. The van der Waals surface area contributed by atoms with Crippen LogP contribution in [0.15, 0.2) is 45.3 Å². The zero-order valence-corrected chi connectivity index (χ0v) is 13.1. The van der Waals surface area contributed by atoms with Crippen LogP contribution in [0, 0.1) is 11.6 Å². The van der Waals surface area contributed by atoms with Crippen LogP contribution in [0.25, 0.3) is 0 Å². The largest absolute Gasteiger partial charge is 0.380 e. The Morgan fingerprint density at radius 1 is 1.00 bits per heavy atom. The van der Waals surface area contributed by atoms with E-state index in [1.807, 2.05) is 0 Å². The summed E-state index contributed by atoms with van der Waals surface area (Å²) < 4.78 is 28.9. The summed E-state index contributed by atoms with van der Waals surface area (Å²) in [5.74, 6) is -1.58. The number of halogens is 4. The van der Waals surface area contributed by atoms with E-state index < -0.39 is 17.2 Å². The molecule has 1 unspecified atom stereocenters. The van der Waals surface area contributed by atoms with Gasteiger partial charge < -0.3 is 5.11 Å². The summed E-state index contributed by atoms with van der Waals surface area (Å²) in [6.07, 6.45) is 0. The van der Waals surface area contributed by atoms with Crippen molar-refractivity contribution in [2.75, 3.05) is 0 Å². The van der Waals surface area contributed by atoms with Crippen molar-refractivity contribution in [3.8, 4) is 0 Å². The first-order valence-electron chi connectivity index (χ1n) is 5.46. The Labute approximate surface area is 126 Å². The summed E-state index contributed by atoms with van der Waals surface area (Å²) >= 11 is 6.27. The van der Waals surface area contributed by atoms with Crippen LogP contribution in [0.5, 0.6) is 0 Å². The van der Waals surface area contributed by atoms with Crippen LogP contribution in [-0.4, -0.2) is 5.11 Å². The fourth-order valence-electron chi connectivity index (χ4n) is 1.89. The number of rotatable bonds is 2. The highest BCUT2D eigenvalue weighted by atomic mass is 79.9. The minimum Gasteiger partial charge on any atom is -0.380 e. The van der Waals surface area contributed by atoms with E-state index in [9.17, 15) is 13.9 Å². The molecule has 5 heteroatoms. The van der Waals surface area contributed by atoms with Crippen LogP contribution in [0.4, 0.5) is 8.78 Å². The summed E-state index contributed by atoms with van der Waals surface area (Å²) in [4.78, 5) is 0. The van der Waals surface area contributed by atoms with Gasteiger partial charge in [0.15, 0.2) is 0 Å². The van der Waals surface area contributed by atoms with Gasteiger partial charge in [-0.15, -0.1) is 0 Å². The number of hydrogen-bond donors (Lipinski definition) is 1. The third-order valence-corrected chi connectivity index (χ3v) is 4.08. The molecule has 1 N–H and O–H groups in total. The Kier molecular flexibility index (Phi) is 4.08. The molecule has 0 saturated carbocycles. The fraction of sp³-hybridized carbons (Fsp3) is 0.143. The smallest absolute Gasteiger partial charge is 0.146 e. The molecule has 0 saturated heterocycles. The minimum absolute atomic E-state index is 0.112. The predicted molar refractivity (Wildman–Crippen MR) is 76.9 cm³/mol. The Bertz CT molecular complexity index is 610. The summed E-state index contributed by atoms with van der Waals surface area (Å²) in [5.41, 5.74) is -1.71. The Morgan fingerprint density at radius 3 is 2.16 bits per heavy atom. The summed E-state index contributed by atoms with van der Waals surface area (Å²) in [6.45, 7) is 1.37. The Balaban J connectivity index is 2.62. The van der Waals surface area contributed by atoms with Crippen molar-refractivity contribution in [3.63, 3.8) is 0 Å². The highest BCUT2D eigenvalue weighted by molar-refractivity contribution is 9.10. The van der Waals surface area contributed by atoms with Crippen LogP contribution in [0.3, 0.4) is 0 Å². The van der Waals surface area contributed by atoms with Gasteiger partial charge in [0.05, 0.1) is 10.0 Å². The zero-order valence-electron chi connectivity index (χ0n) is 9.92. The zero-order chi connectivity index (χ0) is 14.2. The summed E-state index contributed by atoms with van der Waals surface area (Å²) in [6, 6.07) is 9.03. The third-order valence-electron chi connectivity index (χ3n) is 2.94. The van der Waals surface area contributed by atoms with Gasteiger partial charge in [0.2, 0.25) is 0 Å². The van der Waals surface area contributed by atoms with Crippen molar-refractivity contribution < 1.29 is 13.9 Å². The predicted octanol–water partition coefficient (Wildman–Crippen LogP) is 4.75. The lowest BCUT2D eigenvalue weighted by atomic mass is 9.87. The maximum atomic E-state index is 14.1. The van der Waals surface area contributed by atoms with E-state index in [1.165, 1.54) is 13.0 Å². The summed E-state index contributed by atoms with van der Waals surface area (Å²) in [7, 11) is 0. The average Bonchev–Trinajstić information content (AvgIpc) is 2.34. The van der Waals surface area contributed by atoms with Crippen LogP contribution >= 0.6 is 31.9 Å². The molecule has 100 valence electrons. The molecule has 19 heavy (non-hydrogen) atoms. The van der Waals surface area contributed by atoms with E-state index >= 15 is 0 Å². The van der Waals surface area contributed by atoms with E-state index in [0.717, 1.165) is 10.5 Å². The van der Waals surface area contributed by atoms with Gasteiger partial charge in [-0.3, -0.25) is 0 Å². The monoisotopic (exact) mass is 390 g/mol. The van der Waals surface area contributed by atoms with Gasteiger partial charge in [0.1, 0.15) is 17.2 Å². The van der Waals surface area contributed by atoms with Crippen LogP contribution in [0.1, 0.15) is 18.1 Å². The molecule has 0 aliphatic rings. The molecule has 1 atom stereocenters. The van der Waals surface area contributed by atoms with Crippen molar-refractivity contribution >= 4 is 31.9 Å². The van der Waals surface area contributed by atoms with Gasteiger partial charge in [-0.05, 0) is 52.7 Å². The third kappa shape index (κ3) is 2.73. The maximum absolute atomic E-state index is 14.1. The molecule has 0 radical (unpaired) electrons. The highest BCUT2D eigenvalue weighted by Crippen LogP contribution is 2.35. The Morgan fingerprint density at radius 2 is 1.58 bits per heavy atom. The first-order chi connectivity index (χ1) is 8.84. The number of benzene rings is 2. The number of hydrogen-bond acceptors (Lipinski definition) is 1. The lowest BCUT2D eigenvalue weighted by Crippen LogP contribution is -2.26. The number of aliphatic hydroxyl groups is 1. The fourth-order valence-corrected chi connectivity index (χ4v) is 2.49. The second kappa shape index (κ2) is 5.31. The molecule has 0 spiro atoms. The van der Waals surface area contributed by atoms with Crippen LogP contribution in [0.2, 0.25) is 0 Å². The van der Waals surface area contributed by atoms with Gasteiger partial charge in [-0.2, -0.15) is 0 Å². The first kappa shape index (κ1) is 14.6. The van der Waals surface area contributed by atoms with E-state index in [4.69, 9.17) is 0 Å². The molecular formula is C14H10Br2F2O. The molecule has 0 fully saturated rings. The molecular weight excluding hydrogens is 382 g/mol. The molecule has 0 amide bonds. The normalized spacial score (nSPS) is 14.2. The second-order valence-corrected chi connectivity index (χ2v) is 6.07. The molecule has 0 aliphatic carbocycles. The van der Waals surface area contributed by atoms with E-state index in [0.29, 0.717) is 5.56 Å². The molecule has 2 rings (SSSR count). The van der Waals surface area contributed by atoms with E-state index in [2.05, 4.69) is 31.9 Å². The minimum atomic E-state index is -1.75. The molecule has 1 nitrogen and oxygen atoms in total. The molecule has 0 bridgehead atoms. The van der Waals surface area contributed by atoms with Gasteiger partial charge >= 0.3 is 0 Å². The topological polar surface area (TPSA) is 20.2 Å². The highest BCUT2D eigenvalue weighted by Gasteiger charge is 2.33. The molecule has 0 heterocycles. The van der Waals surface area contributed by atoms with Crippen molar-refractivity contribution in [1.29, 1.82) is 0 Å². The molecule has 0 aromatic heterocycles. The summed E-state index contributed by atoms with van der Waals surface area (Å²) in [5, 5.41) is 10.5. The van der Waals surface area contributed by atoms with E-state index in [1.54, 1.807) is 24.3 Å². The molecule has 2 aromatic rings. The van der Waals surface area contributed by atoms with Crippen molar-refractivity contribution in [2.45, 2.75) is 12.5 Å². The molecule has 2 aromatic carbocycles. The van der Waals surface area contributed by atoms with Gasteiger partial charge in [0.25, 0.3) is 0 Å². The standard InChI is InChI=1S/C14H10Br2F2O/c1-14(19,8-2-4-9(15)5-3-8)12-11(17)7-6-10(16)13(12)18/h2-7,19H,1H3.